The van der Waals surface area contributed by atoms with E-state index in [0.29, 0.717) is 13.0 Å². The average Bonchev–Trinajstić information content (AvgIpc) is 2.18. The molecule has 0 saturated heterocycles. The van der Waals surface area contributed by atoms with E-state index in [4.69, 9.17) is 16.7 Å². The summed E-state index contributed by atoms with van der Waals surface area (Å²) in [6.07, 6.45) is 0.393. The molecule has 0 fully saturated rings. The van der Waals surface area contributed by atoms with Crippen LogP contribution in [0.1, 0.15) is 17.2 Å². The van der Waals surface area contributed by atoms with Gasteiger partial charge in [0.05, 0.1) is 12.5 Å². The van der Waals surface area contributed by atoms with Crippen molar-refractivity contribution < 1.29 is 0 Å². The van der Waals surface area contributed by atoms with Gasteiger partial charge in [-0.25, -0.2) is 0 Å². The van der Waals surface area contributed by atoms with Crippen LogP contribution in [0.4, 0.5) is 0 Å². The van der Waals surface area contributed by atoms with E-state index < -0.39 is 0 Å². The third kappa shape index (κ3) is 2.28. The predicted molar refractivity (Wildman–Crippen MR) is 51.7 cm³/mol. The minimum absolute atomic E-state index is 0.162. The zero-order valence-corrected chi connectivity index (χ0v) is 7.40. The summed E-state index contributed by atoms with van der Waals surface area (Å²) >= 11 is 0. The van der Waals surface area contributed by atoms with Gasteiger partial charge in [0.2, 0.25) is 0 Å². The molecule has 0 spiro atoms. The van der Waals surface area contributed by atoms with Crippen molar-refractivity contribution in [1.82, 2.24) is 0 Å². The highest BCUT2D eigenvalue weighted by Crippen LogP contribution is 2.15. The van der Waals surface area contributed by atoms with E-state index in [9.17, 15) is 0 Å². The van der Waals surface area contributed by atoms with E-state index in [1.807, 2.05) is 24.3 Å². The first-order valence-electron chi connectivity index (χ1n) is 4.20. The maximum Gasteiger partial charge on any atom is 0.0669 e. The fourth-order valence-electron chi connectivity index (χ4n) is 1.27. The summed E-state index contributed by atoms with van der Waals surface area (Å²) in [5.41, 5.74) is 13.2. The minimum Gasteiger partial charge on any atom is -0.329 e. The Hall–Kier alpha value is -1.37. The third-order valence-electron chi connectivity index (χ3n) is 1.98. The zero-order valence-electron chi connectivity index (χ0n) is 7.40. The van der Waals surface area contributed by atoms with Crippen LogP contribution >= 0.6 is 0 Å². The number of rotatable bonds is 3. The quantitative estimate of drug-likeness (QED) is 0.710. The molecule has 0 aliphatic heterocycles. The van der Waals surface area contributed by atoms with Gasteiger partial charge in [0.15, 0.2) is 0 Å². The molecular weight excluding hydrogens is 162 g/mol. The molecule has 1 aromatic rings. The van der Waals surface area contributed by atoms with Crippen LogP contribution in [0.3, 0.4) is 0 Å². The molecule has 1 unspecified atom stereocenters. The van der Waals surface area contributed by atoms with Gasteiger partial charge in [0.25, 0.3) is 0 Å². The van der Waals surface area contributed by atoms with Crippen LogP contribution in [0.25, 0.3) is 0 Å². The van der Waals surface area contributed by atoms with Crippen molar-refractivity contribution in [2.24, 2.45) is 11.5 Å². The largest absolute Gasteiger partial charge is 0.329 e. The van der Waals surface area contributed by atoms with Crippen LogP contribution < -0.4 is 11.5 Å². The number of hydrogen-bond acceptors (Lipinski definition) is 3. The summed E-state index contributed by atoms with van der Waals surface area (Å²) in [6, 6.07) is 9.59. The van der Waals surface area contributed by atoms with Gasteiger partial charge in [0, 0.05) is 12.6 Å². The number of nitrogens with zero attached hydrogens (tertiary/aromatic N) is 1. The second-order valence-electron chi connectivity index (χ2n) is 2.88. The summed E-state index contributed by atoms with van der Waals surface area (Å²) in [6.45, 7) is 0.405. The fraction of sp³-hybridized carbons (Fsp3) is 0.300. The van der Waals surface area contributed by atoms with Crippen LogP contribution in [-0.2, 0) is 6.42 Å². The molecular formula is C10H13N3. The Morgan fingerprint density at radius 3 is 2.69 bits per heavy atom. The van der Waals surface area contributed by atoms with Crippen LogP contribution in [0.5, 0.6) is 0 Å². The molecule has 0 bridgehead atoms. The highest BCUT2D eigenvalue weighted by atomic mass is 14.7. The van der Waals surface area contributed by atoms with E-state index in [2.05, 4.69) is 6.07 Å². The van der Waals surface area contributed by atoms with E-state index in [1.54, 1.807) is 0 Å². The molecule has 0 amide bonds. The van der Waals surface area contributed by atoms with Gasteiger partial charge in [-0.1, -0.05) is 24.3 Å². The second-order valence-corrected chi connectivity index (χ2v) is 2.88. The number of nitrogens with two attached hydrogens (primary N) is 2. The molecule has 1 rings (SSSR count). The van der Waals surface area contributed by atoms with Gasteiger partial charge < -0.3 is 11.5 Å². The van der Waals surface area contributed by atoms with Gasteiger partial charge in [0.1, 0.15) is 0 Å². The maximum atomic E-state index is 8.58. The smallest absolute Gasteiger partial charge is 0.0669 e. The lowest BCUT2D eigenvalue weighted by molar-refractivity contribution is 0.729. The molecule has 0 radical (unpaired) electrons. The minimum atomic E-state index is -0.162. The topological polar surface area (TPSA) is 75.8 Å². The van der Waals surface area contributed by atoms with Crippen LogP contribution in [0, 0.1) is 11.3 Å². The molecule has 3 heteroatoms. The summed E-state index contributed by atoms with van der Waals surface area (Å²) < 4.78 is 0. The van der Waals surface area contributed by atoms with Crippen LogP contribution in [0.2, 0.25) is 0 Å². The first-order chi connectivity index (χ1) is 6.29. The van der Waals surface area contributed by atoms with E-state index >= 15 is 0 Å². The van der Waals surface area contributed by atoms with Gasteiger partial charge in [-0.3, -0.25) is 0 Å². The fourth-order valence-corrected chi connectivity index (χ4v) is 1.27. The molecule has 0 heterocycles. The van der Waals surface area contributed by atoms with Crippen molar-refractivity contribution in [2.45, 2.75) is 12.5 Å². The Morgan fingerprint density at radius 1 is 1.38 bits per heavy atom. The maximum absolute atomic E-state index is 8.58. The molecule has 0 aromatic heterocycles. The van der Waals surface area contributed by atoms with Crippen molar-refractivity contribution in [1.29, 1.82) is 5.26 Å². The van der Waals surface area contributed by atoms with E-state index in [1.165, 1.54) is 0 Å². The molecule has 0 aliphatic rings. The van der Waals surface area contributed by atoms with Gasteiger partial charge in [-0.2, -0.15) is 5.26 Å². The van der Waals surface area contributed by atoms with Crippen molar-refractivity contribution in [2.75, 3.05) is 6.54 Å². The van der Waals surface area contributed by atoms with Crippen molar-refractivity contribution >= 4 is 0 Å². The van der Waals surface area contributed by atoms with Crippen molar-refractivity contribution in [3.05, 3.63) is 35.4 Å². The first-order valence-corrected chi connectivity index (χ1v) is 4.20. The molecule has 4 N–H and O–H groups in total. The summed E-state index contributed by atoms with van der Waals surface area (Å²) in [7, 11) is 0. The molecule has 0 saturated carbocycles. The Balaban J connectivity index is 2.98. The lowest BCUT2D eigenvalue weighted by Crippen LogP contribution is -2.21. The molecule has 68 valence electrons. The summed E-state index contributed by atoms with van der Waals surface area (Å²) in [4.78, 5) is 0. The molecule has 13 heavy (non-hydrogen) atoms. The lowest BCUT2D eigenvalue weighted by atomic mass is 9.99. The number of nitriles is 1. The van der Waals surface area contributed by atoms with E-state index in [-0.39, 0.29) is 6.04 Å². The van der Waals surface area contributed by atoms with Gasteiger partial charge in [-0.05, 0) is 11.1 Å². The highest BCUT2D eigenvalue weighted by molar-refractivity contribution is 5.31. The molecule has 1 aromatic carbocycles. The monoisotopic (exact) mass is 175 g/mol. The van der Waals surface area contributed by atoms with Crippen molar-refractivity contribution in [3.63, 3.8) is 0 Å². The van der Waals surface area contributed by atoms with Crippen molar-refractivity contribution in [3.8, 4) is 6.07 Å². The highest BCUT2D eigenvalue weighted by Gasteiger charge is 2.07. The Labute approximate surface area is 78.0 Å². The Kier molecular flexibility index (Phi) is 3.44. The van der Waals surface area contributed by atoms with E-state index in [0.717, 1.165) is 11.1 Å². The second kappa shape index (κ2) is 4.61. The van der Waals surface area contributed by atoms with Gasteiger partial charge in [-0.15, -0.1) is 0 Å². The third-order valence-corrected chi connectivity index (χ3v) is 1.98. The standard InChI is InChI=1S/C10H13N3/c11-6-5-8-3-1-2-4-9(8)10(13)7-12/h1-4,10H,5,7,12-13H2. The zero-order chi connectivity index (χ0) is 9.68. The predicted octanol–water partition coefficient (Wildman–Crippen LogP) is 0.711. The number of benzene rings is 1. The average molecular weight is 175 g/mol. The summed E-state index contributed by atoms with van der Waals surface area (Å²) in [5.74, 6) is 0. The molecule has 3 nitrogen and oxygen atoms in total. The first kappa shape index (κ1) is 9.72. The van der Waals surface area contributed by atoms with Crippen LogP contribution in [0.15, 0.2) is 24.3 Å². The SMILES string of the molecule is N#CCc1ccccc1C(N)CN. The lowest BCUT2D eigenvalue weighted by Gasteiger charge is -2.12. The normalized spacial score (nSPS) is 12.1. The Bertz CT molecular complexity index is 314. The van der Waals surface area contributed by atoms with Crippen LogP contribution in [-0.4, -0.2) is 6.54 Å². The molecule has 1 atom stereocenters. The van der Waals surface area contributed by atoms with Gasteiger partial charge >= 0.3 is 0 Å². The number of hydrogen-bond donors (Lipinski definition) is 2. The Morgan fingerprint density at radius 2 is 2.08 bits per heavy atom. The molecule has 0 aliphatic carbocycles. The summed E-state index contributed by atoms with van der Waals surface area (Å²) in [5, 5.41) is 8.58.